The molecular formula is C18H21N3O4. The van der Waals surface area contributed by atoms with Crippen LogP contribution in [0.5, 0.6) is 0 Å². The van der Waals surface area contributed by atoms with Gasteiger partial charge < -0.3 is 14.7 Å². The van der Waals surface area contributed by atoms with Crippen molar-refractivity contribution >= 4 is 12.0 Å². The number of rotatable bonds is 3. The average Bonchev–Trinajstić information content (AvgIpc) is 3.10. The van der Waals surface area contributed by atoms with Gasteiger partial charge in [0.1, 0.15) is 5.60 Å². The van der Waals surface area contributed by atoms with Crippen LogP contribution in [0.15, 0.2) is 36.7 Å². The number of amides is 1. The molecule has 0 saturated carbocycles. The van der Waals surface area contributed by atoms with Crippen LogP contribution in [-0.2, 0) is 11.2 Å². The van der Waals surface area contributed by atoms with E-state index in [-0.39, 0.29) is 5.91 Å². The molecule has 3 rings (SSSR count). The number of benzene rings is 1. The van der Waals surface area contributed by atoms with E-state index in [9.17, 15) is 14.7 Å². The molecule has 0 aliphatic carbocycles. The maximum absolute atomic E-state index is 12.4. The summed E-state index contributed by atoms with van der Waals surface area (Å²) in [5.74, 6) is -0.192. The first-order valence-corrected chi connectivity index (χ1v) is 8.11. The third-order valence-corrected chi connectivity index (χ3v) is 3.88. The topological polar surface area (TPSA) is 84.7 Å². The van der Waals surface area contributed by atoms with Crippen molar-refractivity contribution in [2.24, 2.45) is 0 Å². The SMILES string of the molecule is CC(C)(C)OC(=O)n1cc(CCN2C(=O)c3ccccc3C2O)cn1. The second-order valence-electron chi connectivity index (χ2n) is 6.98. The van der Waals surface area contributed by atoms with Crippen molar-refractivity contribution < 1.29 is 19.4 Å². The van der Waals surface area contributed by atoms with E-state index in [1.165, 1.54) is 4.90 Å². The molecule has 7 nitrogen and oxygen atoms in total. The molecule has 1 aromatic carbocycles. The first-order valence-electron chi connectivity index (χ1n) is 8.11. The summed E-state index contributed by atoms with van der Waals surface area (Å²) in [6, 6.07) is 7.03. The van der Waals surface area contributed by atoms with Gasteiger partial charge in [-0.2, -0.15) is 9.78 Å². The van der Waals surface area contributed by atoms with Crippen molar-refractivity contribution in [1.29, 1.82) is 0 Å². The van der Waals surface area contributed by atoms with Gasteiger partial charge in [-0.25, -0.2) is 4.79 Å². The van der Waals surface area contributed by atoms with Gasteiger partial charge in [0.2, 0.25) is 0 Å². The quantitative estimate of drug-likeness (QED) is 0.925. The normalized spacial score (nSPS) is 16.9. The first-order chi connectivity index (χ1) is 11.8. The molecule has 1 aliphatic rings. The molecule has 1 aromatic heterocycles. The summed E-state index contributed by atoms with van der Waals surface area (Å²) in [5, 5.41) is 14.3. The van der Waals surface area contributed by atoms with Gasteiger partial charge in [0.25, 0.3) is 5.91 Å². The fourth-order valence-corrected chi connectivity index (χ4v) is 2.72. The predicted octanol–water partition coefficient (Wildman–Crippen LogP) is 2.36. The number of aromatic nitrogens is 2. The van der Waals surface area contributed by atoms with E-state index < -0.39 is 17.9 Å². The second-order valence-corrected chi connectivity index (χ2v) is 6.98. The van der Waals surface area contributed by atoms with E-state index in [2.05, 4.69) is 5.10 Å². The van der Waals surface area contributed by atoms with Gasteiger partial charge in [0.05, 0.1) is 6.20 Å². The van der Waals surface area contributed by atoms with Crippen molar-refractivity contribution in [2.45, 2.75) is 39.0 Å². The number of carbonyl (C=O) groups excluding carboxylic acids is 2. The van der Waals surface area contributed by atoms with Crippen molar-refractivity contribution in [3.05, 3.63) is 53.3 Å². The van der Waals surface area contributed by atoms with Gasteiger partial charge in [0, 0.05) is 23.9 Å². The molecule has 1 atom stereocenters. The molecule has 2 aromatic rings. The van der Waals surface area contributed by atoms with Crippen LogP contribution < -0.4 is 0 Å². The average molecular weight is 343 g/mol. The molecule has 1 unspecified atom stereocenters. The van der Waals surface area contributed by atoms with E-state index in [0.29, 0.717) is 24.1 Å². The Bertz CT molecular complexity index is 807. The molecule has 0 radical (unpaired) electrons. The number of hydrogen-bond acceptors (Lipinski definition) is 5. The number of carbonyl (C=O) groups is 2. The Morgan fingerprint density at radius 1 is 1.32 bits per heavy atom. The summed E-state index contributed by atoms with van der Waals surface area (Å²) in [6.07, 6.45) is 2.12. The van der Waals surface area contributed by atoms with Gasteiger partial charge >= 0.3 is 6.09 Å². The van der Waals surface area contributed by atoms with E-state index in [1.807, 2.05) is 0 Å². The van der Waals surface area contributed by atoms with Gasteiger partial charge in [0.15, 0.2) is 6.23 Å². The van der Waals surface area contributed by atoms with E-state index in [0.717, 1.165) is 10.2 Å². The van der Waals surface area contributed by atoms with Crippen LogP contribution in [0.25, 0.3) is 0 Å². The van der Waals surface area contributed by atoms with Gasteiger partial charge in [-0.05, 0) is 38.8 Å². The highest BCUT2D eigenvalue weighted by Gasteiger charge is 2.34. The number of nitrogens with zero attached hydrogens (tertiary/aromatic N) is 3. The highest BCUT2D eigenvalue weighted by atomic mass is 16.6. The lowest BCUT2D eigenvalue weighted by molar-refractivity contribution is 0.0182. The zero-order chi connectivity index (χ0) is 18.2. The fourth-order valence-electron chi connectivity index (χ4n) is 2.72. The highest BCUT2D eigenvalue weighted by Crippen LogP contribution is 2.31. The predicted molar refractivity (Wildman–Crippen MR) is 90.0 cm³/mol. The molecule has 2 heterocycles. The van der Waals surface area contributed by atoms with Crippen molar-refractivity contribution in [3.63, 3.8) is 0 Å². The zero-order valence-electron chi connectivity index (χ0n) is 14.5. The molecule has 0 bridgehead atoms. The maximum Gasteiger partial charge on any atom is 0.435 e. The Labute approximate surface area is 145 Å². The third-order valence-electron chi connectivity index (χ3n) is 3.88. The molecule has 0 spiro atoms. The fraction of sp³-hybridized carbons (Fsp3) is 0.389. The van der Waals surface area contributed by atoms with Crippen molar-refractivity contribution in [1.82, 2.24) is 14.7 Å². The Kier molecular flexibility index (Phi) is 4.34. The Morgan fingerprint density at radius 3 is 2.72 bits per heavy atom. The lowest BCUT2D eigenvalue weighted by Crippen LogP contribution is -2.30. The lowest BCUT2D eigenvalue weighted by Gasteiger charge is -2.20. The minimum Gasteiger partial charge on any atom is -0.442 e. The molecule has 1 aliphatic heterocycles. The molecule has 0 fully saturated rings. The Hall–Kier alpha value is -2.67. The summed E-state index contributed by atoms with van der Waals surface area (Å²) >= 11 is 0. The first kappa shape index (κ1) is 17.2. The van der Waals surface area contributed by atoms with E-state index in [1.54, 1.807) is 57.4 Å². The van der Waals surface area contributed by atoms with Crippen LogP contribution in [0.1, 0.15) is 48.5 Å². The zero-order valence-corrected chi connectivity index (χ0v) is 14.5. The summed E-state index contributed by atoms with van der Waals surface area (Å²) in [4.78, 5) is 25.7. The second kappa shape index (κ2) is 6.33. The Morgan fingerprint density at radius 2 is 2.04 bits per heavy atom. The molecular weight excluding hydrogens is 322 g/mol. The molecule has 1 amide bonds. The molecule has 132 valence electrons. The van der Waals surface area contributed by atoms with Crippen molar-refractivity contribution in [2.75, 3.05) is 6.54 Å². The van der Waals surface area contributed by atoms with E-state index >= 15 is 0 Å². The molecule has 25 heavy (non-hydrogen) atoms. The van der Waals surface area contributed by atoms with Crippen LogP contribution >= 0.6 is 0 Å². The monoisotopic (exact) mass is 343 g/mol. The van der Waals surface area contributed by atoms with E-state index in [4.69, 9.17) is 4.74 Å². The summed E-state index contributed by atoms with van der Waals surface area (Å²) in [6.45, 7) is 5.68. The molecule has 7 heteroatoms. The molecule has 1 N–H and O–H groups in total. The number of ether oxygens (including phenoxy) is 1. The standard InChI is InChI=1S/C18H21N3O4/c1-18(2,3)25-17(24)21-11-12(10-19-21)8-9-20-15(22)13-6-4-5-7-14(13)16(20)23/h4-7,10-11,15,22H,8-9H2,1-3H3. The maximum atomic E-state index is 12.4. The van der Waals surface area contributed by atoms with Crippen LogP contribution in [0, 0.1) is 0 Å². The lowest BCUT2D eigenvalue weighted by atomic mass is 10.1. The number of aliphatic hydroxyl groups is 1. The highest BCUT2D eigenvalue weighted by molar-refractivity contribution is 5.98. The largest absolute Gasteiger partial charge is 0.442 e. The van der Waals surface area contributed by atoms with Gasteiger partial charge in [-0.3, -0.25) is 4.79 Å². The Balaban J connectivity index is 1.64. The summed E-state index contributed by atoms with van der Waals surface area (Å²) in [7, 11) is 0. The summed E-state index contributed by atoms with van der Waals surface area (Å²) < 4.78 is 6.38. The number of aliphatic hydroxyl groups excluding tert-OH is 1. The minimum absolute atomic E-state index is 0.192. The molecule has 0 saturated heterocycles. The third kappa shape index (κ3) is 3.56. The van der Waals surface area contributed by atoms with Crippen molar-refractivity contribution in [3.8, 4) is 0 Å². The summed E-state index contributed by atoms with van der Waals surface area (Å²) in [5.41, 5.74) is 1.33. The van der Waals surface area contributed by atoms with Crippen LogP contribution in [-0.4, -0.2) is 43.9 Å². The van der Waals surface area contributed by atoms with Gasteiger partial charge in [-0.15, -0.1) is 0 Å². The van der Waals surface area contributed by atoms with Crippen LogP contribution in [0.3, 0.4) is 0 Å². The van der Waals surface area contributed by atoms with Crippen LogP contribution in [0.2, 0.25) is 0 Å². The van der Waals surface area contributed by atoms with Gasteiger partial charge in [-0.1, -0.05) is 18.2 Å². The number of hydrogen-bond donors (Lipinski definition) is 1. The minimum atomic E-state index is -0.940. The number of fused-ring (bicyclic) bond motifs is 1. The smallest absolute Gasteiger partial charge is 0.435 e. The van der Waals surface area contributed by atoms with Crippen LogP contribution in [0.4, 0.5) is 4.79 Å².